The van der Waals surface area contributed by atoms with Crippen molar-refractivity contribution >= 4 is 29.7 Å². The highest BCUT2D eigenvalue weighted by Gasteiger charge is 2.26. The summed E-state index contributed by atoms with van der Waals surface area (Å²) in [5.41, 5.74) is 5.92. The number of ether oxygens (including phenoxy) is 1. The Bertz CT molecular complexity index is 729. The molecule has 2 rings (SSSR count). The number of rotatable bonds is 8. The van der Waals surface area contributed by atoms with Gasteiger partial charge in [0.05, 0.1) is 12.1 Å². The van der Waals surface area contributed by atoms with Gasteiger partial charge in [0.1, 0.15) is 5.75 Å². The average molecular weight is 346 g/mol. The number of nitrogens with one attached hydrogen (secondary N) is 2. The van der Waals surface area contributed by atoms with Crippen molar-refractivity contribution < 1.29 is 24.2 Å². The van der Waals surface area contributed by atoms with Gasteiger partial charge in [0, 0.05) is 17.7 Å². The number of carbonyl (C=O) groups is 3. The van der Waals surface area contributed by atoms with E-state index < -0.39 is 12.6 Å². The molecular weight excluding hydrogens is 328 g/mol. The summed E-state index contributed by atoms with van der Waals surface area (Å²) in [5, 5.41) is 16.3. The number of carboxylic acids is 1. The fraction of sp³-hybridized carbons (Fsp3) is 0.312. The Balaban J connectivity index is 1.84. The highest BCUT2D eigenvalue weighted by molar-refractivity contribution is 6.07. The van der Waals surface area contributed by atoms with Gasteiger partial charge < -0.3 is 9.84 Å². The lowest BCUT2D eigenvalue weighted by atomic mass is 9.99. The minimum atomic E-state index is -1.09. The number of para-hydroxylation sites is 1. The summed E-state index contributed by atoms with van der Waals surface area (Å²) in [5.74, 6) is -1.68. The van der Waals surface area contributed by atoms with E-state index in [0.717, 1.165) is 0 Å². The fourth-order valence-corrected chi connectivity index (χ4v) is 2.19. The Morgan fingerprint density at radius 2 is 2.20 bits per heavy atom. The Labute approximate surface area is 143 Å². The van der Waals surface area contributed by atoms with E-state index in [1.165, 1.54) is 6.21 Å². The fourth-order valence-electron chi connectivity index (χ4n) is 2.19. The van der Waals surface area contributed by atoms with Crippen LogP contribution >= 0.6 is 0 Å². The van der Waals surface area contributed by atoms with Crippen LogP contribution in [-0.2, 0) is 14.4 Å². The summed E-state index contributed by atoms with van der Waals surface area (Å²) < 4.78 is 5.13. The second kappa shape index (κ2) is 8.57. The maximum absolute atomic E-state index is 11.8. The van der Waals surface area contributed by atoms with E-state index in [0.29, 0.717) is 23.4 Å². The summed E-state index contributed by atoms with van der Waals surface area (Å²) in [6.07, 6.45) is 1.84. The summed E-state index contributed by atoms with van der Waals surface area (Å²) in [7, 11) is 0. The number of carboxylic acid groups (broad SMARTS) is 1. The van der Waals surface area contributed by atoms with Crippen molar-refractivity contribution in [3.8, 4) is 5.75 Å². The molecule has 0 fully saturated rings. The van der Waals surface area contributed by atoms with E-state index >= 15 is 0 Å². The van der Waals surface area contributed by atoms with Crippen LogP contribution in [0, 0.1) is 5.92 Å². The first-order valence-electron chi connectivity index (χ1n) is 7.57. The molecule has 9 heteroatoms. The third kappa shape index (κ3) is 5.41. The maximum Gasteiger partial charge on any atom is 0.341 e. The summed E-state index contributed by atoms with van der Waals surface area (Å²) in [6, 6.07) is 6.71. The van der Waals surface area contributed by atoms with Crippen molar-refractivity contribution in [1.29, 1.82) is 0 Å². The number of carbonyl (C=O) groups excluding carboxylic acids is 2. The van der Waals surface area contributed by atoms with Crippen LogP contribution in [0.25, 0.3) is 0 Å². The van der Waals surface area contributed by atoms with Crippen LogP contribution in [0.1, 0.15) is 25.3 Å². The van der Waals surface area contributed by atoms with Gasteiger partial charge in [0.2, 0.25) is 11.8 Å². The molecule has 9 nitrogen and oxygen atoms in total. The summed E-state index contributed by atoms with van der Waals surface area (Å²) >= 11 is 0. The monoisotopic (exact) mass is 346 g/mol. The molecule has 0 saturated heterocycles. The quantitative estimate of drug-likeness (QED) is 0.466. The van der Waals surface area contributed by atoms with Gasteiger partial charge in [-0.1, -0.05) is 12.1 Å². The van der Waals surface area contributed by atoms with Crippen LogP contribution in [0.5, 0.6) is 5.75 Å². The molecule has 2 amide bonds. The van der Waals surface area contributed by atoms with E-state index in [4.69, 9.17) is 9.84 Å². The highest BCUT2D eigenvalue weighted by atomic mass is 16.5. The van der Waals surface area contributed by atoms with E-state index in [1.54, 1.807) is 31.2 Å². The van der Waals surface area contributed by atoms with Crippen molar-refractivity contribution in [3.63, 3.8) is 0 Å². The molecule has 0 aliphatic carbocycles. The van der Waals surface area contributed by atoms with E-state index in [1.807, 2.05) is 0 Å². The third-order valence-corrected chi connectivity index (χ3v) is 3.49. The number of benzene rings is 1. The summed E-state index contributed by atoms with van der Waals surface area (Å²) in [4.78, 5) is 33.9. The third-order valence-electron chi connectivity index (χ3n) is 3.49. The van der Waals surface area contributed by atoms with Crippen molar-refractivity contribution in [2.24, 2.45) is 16.1 Å². The van der Waals surface area contributed by atoms with Gasteiger partial charge in [-0.15, -0.1) is 0 Å². The zero-order valence-electron chi connectivity index (χ0n) is 13.6. The highest BCUT2D eigenvalue weighted by Crippen LogP contribution is 2.16. The molecule has 1 aliphatic rings. The molecular formula is C16H18N4O5. The molecule has 1 aromatic carbocycles. The first-order valence-corrected chi connectivity index (χ1v) is 7.57. The molecule has 0 saturated carbocycles. The van der Waals surface area contributed by atoms with Crippen molar-refractivity contribution in [2.45, 2.75) is 19.8 Å². The zero-order valence-corrected chi connectivity index (χ0v) is 13.6. The Morgan fingerprint density at radius 3 is 2.88 bits per heavy atom. The van der Waals surface area contributed by atoms with E-state index in [2.05, 4.69) is 21.1 Å². The molecule has 132 valence electrons. The average Bonchev–Trinajstić information content (AvgIpc) is 2.90. The topological polar surface area (TPSA) is 129 Å². The van der Waals surface area contributed by atoms with Crippen molar-refractivity contribution in [3.05, 3.63) is 29.8 Å². The Morgan fingerprint density at radius 1 is 1.44 bits per heavy atom. The minimum Gasteiger partial charge on any atom is -0.481 e. The van der Waals surface area contributed by atoms with Gasteiger partial charge in [-0.25, -0.2) is 15.6 Å². The molecule has 25 heavy (non-hydrogen) atoms. The summed E-state index contributed by atoms with van der Waals surface area (Å²) in [6.45, 7) is 1.26. The van der Waals surface area contributed by atoms with Gasteiger partial charge in [-0.3, -0.25) is 9.59 Å². The molecule has 1 atom stereocenters. The molecule has 0 radical (unpaired) electrons. The van der Waals surface area contributed by atoms with Gasteiger partial charge >= 0.3 is 5.97 Å². The van der Waals surface area contributed by atoms with Crippen LogP contribution < -0.4 is 15.6 Å². The maximum atomic E-state index is 11.8. The first-order chi connectivity index (χ1) is 12.0. The van der Waals surface area contributed by atoms with Crippen molar-refractivity contribution in [2.75, 3.05) is 6.61 Å². The van der Waals surface area contributed by atoms with Crippen LogP contribution in [0.15, 0.2) is 34.5 Å². The molecule has 1 heterocycles. The molecule has 0 aromatic heterocycles. The van der Waals surface area contributed by atoms with E-state index in [9.17, 15) is 14.4 Å². The number of aliphatic carboxylic acids is 1. The predicted molar refractivity (Wildman–Crippen MR) is 89.3 cm³/mol. The number of hydrazone groups is 2. The smallest absolute Gasteiger partial charge is 0.341 e. The van der Waals surface area contributed by atoms with Gasteiger partial charge in [-0.2, -0.15) is 10.2 Å². The minimum absolute atomic E-state index is 0.124. The van der Waals surface area contributed by atoms with Crippen LogP contribution in [-0.4, -0.2) is 41.4 Å². The Hall–Kier alpha value is -3.23. The second-order valence-corrected chi connectivity index (χ2v) is 5.33. The second-order valence-electron chi connectivity index (χ2n) is 5.33. The largest absolute Gasteiger partial charge is 0.481 e. The standard InChI is InChI=1S/C16H18N4O5/c1-10-12(16(24)20-18-10)6-7-14(21)19-17-8-11-4-2-3-5-13(11)25-9-15(22)23/h2-5,8,12H,6-7,9H2,1H3,(H,19,21)(H,20,24)(H,22,23)/b17-8-/t12-/m0/s1. The lowest BCUT2D eigenvalue weighted by Crippen LogP contribution is -2.25. The van der Waals surface area contributed by atoms with Crippen LogP contribution in [0.3, 0.4) is 0 Å². The molecule has 0 bridgehead atoms. The van der Waals surface area contributed by atoms with Crippen LogP contribution in [0.2, 0.25) is 0 Å². The number of nitrogens with zero attached hydrogens (tertiary/aromatic N) is 2. The van der Waals surface area contributed by atoms with Gasteiger partial charge in [0.15, 0.2) is 6.61 Å². The number of hydrogen-bond donors (Lipinski definition) is 3. The molecule has 3 N–H and O–H groups in total. The zero-order chi connectivity index (χ0) is 18.2. The predicted octanol–water partition coefficient (Wildman–Crippen LogP) is 0.502. The van der Waals surface area contributed by atoms with Crippen LogP contribution in [0.4, 0.5) is 0 Å². The molecule has 0 unspecified atom stereocenters. The number of hydrogen-bond acceptors (Lipinski definition) is 6. The molecule has 0 spiro atoms. The number of amides is 2. The van der Waals surface area contributed by atoms with E-state index in [-0.39, 0.29) is 24.2 Å². The first kappa shape index (κ1) is 18.1. The Kier molecular flexibility index (Phi) is 6.21. The van der Waals surface area contributed by atoms with Gasteiger partial charge in [-0.05, 0) is 25.5 Å². The lowest BCUT2D eigenvalue weighted by molar-refractivity contribution is -0.139. The van der Waals surface area contributed by atoms with Crippen molar-refractivity contribution in [1.82, 2.24) is 10.9 Å². The molecule has 1 aliphatic heterocycles. The normalized spacial score (nSPS) is 16.4. The SMILES string of the molecule is CC1=NNC(=O)[C@H]1CCC(=O)N/N=C\c1ccccc1OCC(=O)O. The lowest BCUT2D eigenvalue weighted by Gasteiger charge is -2.07. The van der Waals surface area contributed by atoms with Gasteiger partial charge in [0.25, 0.3) is 0 Å². The molecule has 1 aromatic rings.